The van der Waals surface area contributed by atoms with Crippen molar-refractivity contribution >= 4 is 17.9 Å². The number of aliphatic carboxylic acids is 1. The number of hydrogen-bond acceptors (Lipinski definition) is 6. The van der Waals surface area contributed by atoms with Gasteiger partial charge in [0.05, 0.1) is 34.4 Å². The summed E-state index contributed by atoms with van der Waals surface area (Å²) in [6.45, 7) is 4.51. The van der Waals surface area contributed by atoms with Gasteiger partial charge in [-0.3, -0.25) is 9.59 Å². The summed E-state index contributed by atoms with van der Waals surface area (Å²) in [6, 6.07) is -0.618. The Labute approximate surface area is 299 Å². The van der Waals surface area contributed by atoms with E-state index in [0.29, 0.717) is 19.3 Å². The fourth-order valence-corrected chi connectivity index (χ4v) is 5.22. The Kier molecular flexibility index (Phi) is 30.7. The van der Waals surface area contributed by atoms with Gasteiger partial charge in [-0.25, -0.2) is 4.79 Å². The highest BCUT2D eigenvalue weighted by atomic mass is 16.6. The largest absolute Gasteiger partial charge is 0.477 e. The molecule has 8 heteroatoms. The minimum Gasteiger partial charge on any atom is -0.477 e. The third-order valence-corrected chi connectivity index (χ3v) is 8.19. The highest BCUT2D eigenvalue weighted by Gasteiger charge is 2.31. The number of nitrogens with zero attached hydrogens (tertiary/aromatic N) is 1. The maximum absolute atomic E-state index is 12.6. The van der Waals surface area contributed by atoms with Gasteiger partial charge in [0.2, 0.25) is 0 Å². The molecule has 0 saturated heterocycles. The SMILES string of the molecule is CC/C=C\C/C=C\C/C=C\CCCCCCCC(=O)OC(COCCC(C(=O)O)[N+](C)(C)C)COC(=O)CCCCCCC/C=C\CCC. The van der Waals surface area contributed by atoms with Gasteiger partial charge in [0.15, 0.2) is 12.1 Å². The van der Waals surface area contributed by atoms with Gasteiger partial charge in [0.25, 0.3) is 0 Å². The fourth-order valence-electron chi connectivity index (χ4n) is 5.22. The van der Waals surface area contributed by atoms with E-state index in [9.17, 15) is 19.5 Å². The first-order chi connectivity index (χ1) is 23.6. The van der Waals surface area contributed by atoms with E-state index in [-0.39, 0.29) is 36.2 Å². The van der Waals surface area contributed by atoms with Crippen molar-refractivity contribution in [1.82, 2.24) is 0 Å². The number of carbonyl (C=O) groups is 3. The molecule has 0 aliphatic rings. The summed E-state index contributed by atoms with van der Waals surface area (Å²) in [7, 11) is 5.50. The number of hydrogen-bond donors (Lipinski definition) is 1. The molecule has 0 aliphatic carbocycles. The van der Waals surface area contributed by atoms with E-state index in [1.807, 2.05) is 21.1 Å². The molecule has 0 fully saturated rings. The zero-order valence-electron chi connectivity index (χ0n) is 31.9. The van der Waals surface area contributed by atoms with Crippen LogP contribution in [0.2, 0.25) is 0 Å². The van der Waals surface area contributed by atoms with Crippen LogP contribution in [0.15, 0.2) is 48.6 Å². The lowest BCUT2D eigenvalue weighted by molar-refractivity contribution is -0.887. The molecule has 8 nitrogen and oxygen atoms in total. The molecule has 1 N–H and O–H groups in total. The summed E-state index contributed by atoms with van der Waals surface area (Å²) in [4.78, 5) is 36.7. The van der Waals surface area contributed by atoms with Crippen molar-refractivity contribution in [3.8, 4) is 0 Å². The lowest BCUT2D eigenvalue weighted by atomic mass is 10.1. The summed E-state index contributed by atoms with van der Waals surface area (Å²) in [5.41, 5.74) is 0. The predicted octanol–water partition coefficient (Wildman–Crippen LogP) is 9.68. The van der Waals surface area contributed by atoms with Gasteiger partial charge in [-0.05, 0) is 64.2 Å². The van der Waals surface area contributed by atoms with E-state index in [2.05, 4.69) is 62.5 Å². The van der Waals surface area contributed by atoms with Crippen LogP contribution in [0.3, 0.4) is 0 Å². The average Bonchev–Trinajstić information content (AvgIpc) is 3.05. The molecule has 0 saturated carbocycles. The molecule has 0 bridgehead atoms. The van der Waals surface area contributed by atoms with E-state index >= 15 is 0 Å². The molecule has 0 rings (SSSR count). The van der Waals surface area contributed by atoms with E-state index in [1.165, 1.54) is 12.8 Å². The number of rotatable bonds is 33. The second-order valence-corrected chi connectivity index (χ2v) is 13.8. The standard InChI is InChI=1S/C41H71NO7/c1-6-8-10-12-14-16-18-19-20-21-22-24-26-28-30-32-40(44)49-37(35-47-34-33-38(41(45)46)42(3,4)5)36-48-39(43)31-29-27-25-23-17-15-13-11-9-7-2/h8,10-11,13-14,16,19-20,37-38H,6-7,9,12,15,17-18,21-36H2,1-5H3/p+1/b10-8-,13-11-,16-14-,20-19-. The van der Waals surface area contributed by atoms with Crippen molar-refractivity contribution in [3.05, 3.63) is 48.6 Å². The van der Waals surface area contributed by atoms with Crippen LogP contribution in [-0.2, 0) is 28.6 Å². The molecule has 0 aromatic rings. The summed E-state index contributed by atoms with van der Waals surface area (Å²) in [6.07, 6.45) is 35.8. The number of carbonyl (C=O) groups excluding carboxylic acids is 2. The summed E-state index contributed by atoms with van der Waals surface area (Å²) < 4.78 is 17.2. The second-order valence-electron chi connectivity index (χ2n) is 13.8. The number of unbranched alkanes of at least 4 members (excludes halogenated alkanes) is 11. The highest BCUT2D eigenvalue weighted by molar-refractivity contribution is 5.72. The fraction of sp³-hybridized carbons (Fsp3) is 0.732. The van der Waals surface area contributed by atoms with Crippen molar-refractivity contribution in [2.24, 2.45) is 0 Å². The molecular weight excluding hydrogens is 618 g/mol. The number of carboxylic acid groups (broad SMARTS) is 1. The van der Waals surface area contributed by atoms with Gasteiger partial charge in [-0.2, -0.15) is 0 Å². The van der Waals surface area contributed by atoms with Gasteiger partial charge < -0.3 is 23.8 Å². The Morgan fingerprint density at radius 3 is 1.71 bits per heavy atom. The Hall–Kier alpha value is -2.71. The van der Waals surface area contributed by atoms with Gasteiger partial charge in [0.1, 0.15) is 6.61 Å². The van der Waals surface area contributed by atoms with Gasteiger partial charge in [-0.1, -0.05) is 107 Å². The molecule has 282 valence electrons. The van der Waals surface area contributed by atoms with Gasteiger partial charge in [0, 0.05) is 19.3 Å². The zero-order chi connectivity index (χ0) is 36.4. The molecule has 2 unspecified atom stereocenters. The Bertz CT molecular complexity index is 948. The van der Waals surface area contributed by atoms with Gasteiger partial charge >= 0.3 is 17.9 Å². The molecule has 0 spiro atoms. The topological polar surface area (TPSA) is 99.1 Å². The van der Waals surface area contributed by atoms with Gasteiger partial charge in [-0.15, -0.1) is 0 Å². The molecule has 0 heterocycles. The molecule has 0 aromatic heterocycles. The number of esters is 2. The zero-order valence-corrected chi connectivity index (χ0v) is 31.9. The van der Waals surface area contributed by atoms with E-state index in [0.717, 1.165) is 96.3 Å². The van der Waals surface area contributed by atoms with E-state index in [1.54, 1.807) is 0 Å². The van der Waals surface area contributed by atoms with Crippen LogP contribution in [0.1, 0.15) is 142 Å². The number of carboxylic acids is 1. The number of ether oxygens (including phenoxy) is 3. The number of likely N-dealkylation sites (N-methyl/N-ethyl adjacent to an activating group) is 1. The summed E-state index contributed by atoms with van der Waals surface area (Å²) >= 11 is 0. The maximum atomic E-state index is 12.6. The first-order valence-corrected chi connectivity index (χ1v) is 19.2. The highest BCUT2D eigenvalue weighted by Crippen LogP contribution is 2.12. The van der Waals surface area contributed by atoms with E-state index < -0.39 is 18.1 Å². The lowest BCUT2D eigenvalue weighted by Gasteiger charge is -2.31. The monoisotopic (exact) mass is 691 g/mol. The van der Waals surface area contributed by atoms with Crippen molar-refractivity contribution in [1.29, 1.82) is 0 Å². The minimum absolute atomic E-state index is 0.0500. The Morgan fingerprint density at radius 2 is 1.14 bits per heavy atom. The third kappa shape index (κ3) is 31.0. The van der Waals surface area contributed by atoms with E-state index in [4.69, 9.17) is 14.2 Å². The number of allylic oxidation sites excluding steroid dienone is 8. The second kappa shape index (κ2) is 32.5. The lowest BCUT2D eigenvalue weighted by Crippen LogP contribution is -2.50. The first kappa shape index (κ1) is 46.3. The third-order valence-electron chi connectivity index (χ3n) is 8.19. The average molecular weight is 691 g/mol. The minimum atomic E-state index is -0.882. The molecule has 49 heavy (non-hydrogen) atoms. The first-order valence-electron chi connectivity index (χ1n) is 19.2. The molecule has 0 radical (unpaired) electrons. The molecule has 0 amide bonds. The maximum Gasteiger partial charge on any atom is 0.362 e. The molecule has 0 aliphatic heterocycles. The van der Waals surface area contributed by atoms with Crippen LogP contribution in [0, 0.1) is 0 Å². The van der Waals surface area contributed by atoms with Crippen LogP contribution in [0.4, 0.5) is 0 Å². The van der Waals surface area contributed by atoms with Crippen LogP contribution < -0.4 is 0 Å². The Balaban J connectivity index is 4.46. The normalized spacial score (nSPS) is 13.6. The Morgan fingerprint density at radius 1 is 0.633 bits per heavy atom. The molecule has 2 atom stereocenters. The summed E-state index contributed by atoms with van der Waals surface area (Å²) in [5.74, 6) is -1.51. The molecule has 0 aromatic carbocycles. The predicted molar refractivity (Wildman–Crippen MR) is 201 cm³/mol. The van der Waals surface area contributed by atoms with Crippen LogP contribution in [0.5, 0.6) is 0 Å². The summed E-state index contributed by atoms with van der Waals surface area (Å²) in [5, 5.41) is 9.58. The quantitative estimate of drug-likeness (QED) is 0.0317. The van der Waals surface area contributed by atoms with Crippen molar-refractivity contribution in [2.45, 2.75) is 154 Å². The van der Waals surface area contributed by atoms with Crippen LogP contribution in [-0.4, -0.2) is 80.6 Å². The van der Waals surface area contributed by atoms with Crippen LogP contribution in [0.25, 0.3) is 0 Å². The van der Waals surface area contributed by atoms with Crippen molar-refractivity contribution in [2.75, 3.05) is 41.0 Å². The smallest absolute Gasteiger partial charge is 0.362 e. The molecular formula is C41H72NO7+. The number of quaternary nitrogens is 1. The van der Waals surface area contributed by atoms with Crippen molar-refractivity contribution in [3.63, 3.8) is 0 Å². The van der Waals surface area contributed by atoms with Crippen LogP contribution >= 0.6 is 0 Å². The van der Waals surface area contributed by atoms with Crippen molar-refractivity contribution < 1.29 is 38.2 Å².